The summed E-state index contributed by atoms with van der Waals surface area (Å²) in [6.07, 6.45) is 5.20. The number of hydrogen-bond acceptors (Lipinski definition) is 5. The topological polar surface area (TPSA) is 64.8 Å². The van der Waals surface area contributed by atoms with Crippen LogP contribution in [0.2, 0.25) is 0 Å². The maximum atomic E-state index is 9.64. The third-order valence-corrected chi connectivity index (χ3v) is 4.28. The van der Waals surface area contributed by atoms with Gasteiger partial charge in [-0.15, -0.1) is 5.10 Å². The molecule has 1 aromatic heterocycles. The van der Waals surface area contributed by atoms with Gasteiger partial charge in [0.15, 0.2) is 5.82 Å². The highest BCUT2D eigenvalue weighted by Gasteiger charge is 2.27. The Morgan fingerprint density at radius 1 is 1.29 bits per heavy atom. The Morgan fingerprint density at radius 2 is 2.10 bits per heavy atom. The van der Waals surface area contributed by atoms with Crippen molar-refractivity contribution >= 4 is 5.82 Å². The van der Waals surface area contributed by atoms with Gasteiger partial charge in [0.1, 0.15) is 11.6 Å². The van der Waals surface area contributed by atoms with Crippen molar-refractivity contribution in [2.75, 3.05) is 25.0 Å². The molecule has 1 saturated heterocycles. The van der Waals surface area contributed by atoms with Gasteiger partial charge in [-0.3, -0.25) is 0 Å². The van der Waals surface area contributed by atoms with E-state index in [1.807, 2.05) is 7.05 Å². The fourth-order valence-corrected chi connectivity index (χ4v) is 3.21. The molecule has 0 radical (unpaired) electrons. The normalized spacial score (nSPS) is 18.6. The molecule has 0 bridgehead atoms. The lowest BCUT2D eigenvalue weighted by Gasteiger charge is -2.37. The zero-order chi connectivity index (χ0) is 15.2. The van der Waals surface area contributed by atoms with Gasteiger partial charge in [-0.1, -0.05) is 13.8 Å². The van der Waals surface area contributed by atoms with E-state index in [2.05, 4.69) is 40.3 Å². The predicted octanol–water partition coefficient (Wildman–Crippen LogP) is 2.05. The molecule has 1 fully saturated rings. The van der Waals surface area contributed by atoms with Crippen LogP contribution >= 0.6 is 0 Å². The summed E-state index contributed by atoms with van der Waals surface area (Å²) in [5.74, 6) is 0.784. The molecular weight excluding hydrogens is 262 g/mol. The number of nitrogens with one attached hydrogen (secondary N) is 1. The molecule has 0 saturated carbocycles. The first-order valence-corrected chi connectivity index (χ1v) is 7.96. The molecule has 0 aromatic carbocycles. The van der Waals surface area contributed by atoms with E-state index in [0.717, 1.165) is 61.4 Å². The number of nitrogens with zero attached hydrogens (tertiary/aromatic N) is 4. The number of rotatable bonds is 5. The Morgan fingerprint density at radius 3 is 2.71 bits per heavy atom. The molecule has 1 aliphatic heterocycles. The lowest BCUT2D eigenvalue weighted by Crippen LogP contribution is -2.46. The van der Waals surface area contributed by atoms with Crippen molar-refractivity contribution in [2.24, 2.45) is 0 Å². The van der Waals surface area contributed by atoms with Gasteiger partial charge in [0, 0.05) is 19.1 Å². The minimum absolute atomic E-state index is 0.405. The zero-order valence-electron chi connectivity index (χ0n) is 13.3. The average Bonchev–Trinajstić information content (AvgIpc) is 2.54. The van der Waals surface area contributed by atoms with Crippen LogP contribution < -0.4 is 10.2 Å². The molecule has 114 valence electrons. The lowest BCUT2D eigenvalue weighted by molar-refractivity contribution is 0.441. The molecule has 1 unspecified atom stereocenters. The van der Waals surface area contributed by atoms with Crippen LogP contribution in [0.3, 0.4) is 0 Å². The minimum Gasteiger partial charge on any atom is -0.350 e. The quantitative estimate of drug-likeness (QED) is 0.898. The smallest absolute Gasteiger partial charge is 0.169 e. The Bertz CT molecular complexity index is 518. The molecule has 0 spiro atoms. The number of likely N-dealkylation sites (N-methyl/N-ethyl adjacent to an activating group) is 1. The van der Waals surface area contributed by atoms with Crippen molar-refractivity contribution in [2.45, 2.75) is 52.0 Å². The van der Waals surface area contributed by atoms with Crippen molar-refractivity contribution in [3.8, 4) is 6.07 Å². The van der Waals surface area contributed by atoms with Gasteiger partial charge in [0.05, 0.1) is 5.69 Å². The summed E-state index contributed by atoms with van der Waals surface area (Å²) in [5.41, 5.74) is 2.76. The van der Waals surface area contributed by atoms with Crippen molar-refractivity contribution in [3.63, 3.8) is 0 Å². The maximum Gasteiger partial charge on any atom is 0.169 e. The summed E-state index contributed by atoms with van der Waals surface area (Å²) in [6.45, 7) is 6.03. The highest BCUT2D eigenvalue weighted by Crippen LogP contribution is 2.28. The summed E-state index contributed by atoms with van der Waals surface area (Å²) >= 11 is 0. The van der Waals surface area contributed by atoms with Crippen LogP contribution in [0.4, 0.5) is 5.82 Å². The molecule has 2 rings (SSSR count). The summed E-state index contributed by atoms with van der Waals surface area (Å²) in [4.78, 5) is 2.28. The van der Waals surface area contributed by atoms with Crippen molar-refractivity contribution in [1.29, 1.82) is 5.26 Å². The monoisotopic (exact) mass is 287 g/mol. The highest BCUT2D eigenvalue weighted by atomic mass is 15.3. The third-order valence-electron chi connectivity index (χ3n) is 4.28. The SMILES string of the molecule is CCc1nnc(N2CCCCC2CNC)c(C#N)c1CC. The van der Waals surface area contributed by atoms with Crippen LogP contribution in [0.25, 0.3) is 0 Å². The molecule has 0 aliphatic carbocycles. The van der Waals surface area contributed by atoms with Crippen LogP contribution in [0.5, 0.6) is 0 Å². The first-order valence-electron chi connectivity index (χ1n) is 7.96. The van der Waals surface area contributed by atoms with Gasteiger partial charge < -0.3 is 10.2 Å². The van der Waals surface area contributed by atoms with E-state index in [1.54, 1.807) is 0 Å². The van der Waals surface area contributed by atoms with E-state index in [4.69, 9.17) is 0 Å². The molecule has 1 N–H and O–H groups in total. The van der Waals surface area contributed by atoms with E-state index in [9.17, 15) is 5.26 Å². The van der Waals surface area contributed by atoms with Crippen LogP contribution in [-0.4, -0.2) is 36.4 Å². The third kappa shape index (κ3) is 3.16. The number of aromatic nitrogens is 2. The number of aryl methyl sites for hydroxylation is 1. The van der Waals surface area contributed by atoms with E-state index < -0.39 is 0 Å². The number of piperidine rings is 1. The first kappa shape index (κ1) is 15.7. The minimum atomic E-state index is 0.405. The molecule has 2 heterocycles. The molecule has 5 nitrogen and oxygen atoms in total. The van der Waals surface area contributed by atoms with Crippen molar-refractivity contribution in [3.05, 3.63) is 16.8 Å². The van der Waals surface area contributed by atoms with Gasteiger partial charge in [-0.05, 0) is 44.7 Å². The molecule has 1 atom stereocenters. The maximum absolute atomic E-state index is 9.64. The highest BCUT2D eigenvalue weighted by molar-refractivity contribution is 5.59. The molecule has 5 heteroatoms. The van der Waals surface area contributed by atoms with Gasteiger partial charge in [-0.2, -0.15) is 10.4 Å². The van der Waals surface area contributed by atoms with Crippen LogP contribution in [0.1, 0.15) is 49.9 Å². The van der Waals surface area contributed by atoms with Crippen LogP contribution in [-0.2, 0) is 12.8 Å². The Kier molecular flexibility index (Phi) is 5.51. The standard InChI is InChI=1S/C16H25N5/c1-4-13-14(10-17)16(20-19-15(13)5-2)21-9-7-6-8-12(21)11-18-3/h12,18H,4-9,11H2,1-3H3. The van der Waals surface area contributed by atoms with Gasteiger partial charge >= 0.3 is 0 Å². The first-order chi connectivity index (χ1) is 10.3. The second-order valence-electron chi connectivity index (χ2n) is 5.54. The summed E-state index contributed by atoms with van der Waals surface area (Å²) in [5, 5.41) is 21.7. The van der Waals surface area contributed by atoms with E-state index in [-0.39, 0.29) is 0 Å². The second kappa shape index (κ2) is 7.37. The Hall–Kier alpha value is -1.67. The van der Waals surface area contributed by atoms with Gasteiger partial charge in [-0.25, -0.2) is 0 Å². The van der Waals surface area contributed by atoms with Gasteiger partial charge in [0.2, 0.25) is 0 Å². The molecule has 21 heavy (non-hydrogen) atoms. The predicted molar refractivity (Wildman–Crippen MR) is 84.4 cm³/mol. The van der Waals surface area contributed by atoms with Crippen LogP contribution in [0.15, 0.2) is 0 Å². The Balaban J connectivity index is 2.44. The summed E-state index contributed by atoms with van der Waals surface area (Å²) < 4.78 is 0. The van der Waals surface area contributed by atoms with E-state index in [0.29, 0.717) is 6.04 Å². The number of nitriles is 1. The number of anilines is 1. The molecular formula is C16H25N5. The largest absolute Gasteiger partial charge is 0.350 e. The van der Waals surface area contributed by atoms with E-state index in [1.165, 1.54) is 6.42 Å². The average molecular weight is 287 g/mol. The second-order valence-corrected chi connectivity index (χ2v) is 5.54. The fraction of sp³-hybridized carbons (Fsp3) is 0.688. The van der Waals surface area contributed by atoms with Crippen LogP contribution in [0, 0.1) is 11.3 Å². The van der Waals surface area contributed by atoms with Gasteiger partial charge in [0.25, 0.3) is 0 Å². The summed E-state index contributed by atoms with van der Waals surface area (Å²) in [7, 11) is 1.97. The van der Waals surface area contributed by atoms with Crippen molar-refractivity contribution in [1.82, 2.24) is 15.5 Å². The fourth-order valence-electron chi connectivity index (χ4n) is 3.21. The lowest BCUT2D eigenvalue weighted by atomic mass is 9.99. The van der Waals surface area contributed by atoms with Crippen molar-refractivity contribution < 1.29 is 0 Å². The molecule has 1 aromatic rings. The summed E-state index contributed by atoms with van der Waals surface area (Å²) in [6, 6.07) is 2.79. The Labute approximate surface area is 127 Å². The molecule has 0 amide bonds. The number of hydrogen-bond donors (Lipinski definition) is 1. The zero-order valence-corrected chi connectivity index (χ0v) is 13.3. The van der Waals surface area contributed by atoms with E-state index >= 15 is 0 Å². The molecule has 1 aliphatic rings.